The SMILES string of the molecule is CCCC[C@H]1CO[C@H](CCc2cc(F)c(C#CC3CCC(/C=C/Cl)CC3)c(F)c2)OC1. The van der Waals surface area contributed by atoms with Gasteiger partial charge in [-0.3, -0.25) is 0 Å². The minimum absolute atomic E-state index is 0.129. The van der Waals surface area contributed by atoms with E-state index in [0.717, 1.165) is 32.1 Å². The zero-order valence-corrected chi connectivity index (χ0v) is 19.1. The van der Waals surface area contributed by atoms with Crippen molar-refractivity contribution < 1.29 is 18.3 Å². The van der Waals surface area contributed by atoms with E-state index in [-0.39, 0.29) is 17.8 Å². The molecule has 31 heavy (non-hydrogen) atoms. The van der Waals surface area contributed by atoms with Gasteiger partial charge in [0.1, 0.15) is 11.6 Å². The molecular weight excluding hydrogens is 418 g/mol. The summed E-state index contributed by atoms with van der Waals surface area (Å²) in [6.45, 7) is 3.58. The highest BCUT2D eigenvalue weighted by Gasteiger charge is 2.22. The van der Waals surface area contributed by atoms with E-state index < -0.39 is 11.6 Å². The van der Waals surface area contributed by atoms with Crippen molar-refractivity contribution in [1.82, 2.24) is 0 Å². The second-order valence-corrected chi connectivity index (χ2v) is 9.03. The van der Waals surface area contributed by atoms with Crippen molar-refractivity contribution in [3.8, 4) is 11.8 Å². The zero-order chi connectivity index (χ0) is 22.1. The van der Waals surface area contributed by atoms with E-state index in [1.165, 1.54) is 25.0 Å². The Labute approximate surface area is 190 Å². The summed E-state index contributed by atoms with van der Waals surface area (Å²) in [4.78, 5) is 0. The van der Waals surface area contributed by atoms with Crippen LogP contribution in [0.25, 0.3) is 0 Å². The molecule has 1 saturated heterocycles. The molecule has 5 heteroatoms. The van der Waals surface area contributed by atoms with Gasteiger partial charge in [0.05, 0.1) is 18.8 Å². The minimum Gasteiger partial charge on any atom is -0.352 e. The van der Waals surface area contributed by atoms with Crippen LogP contribution in [0.5, 0.6) is 0 Å². The number of halogens is 3. The normalized spacial score (nSPS) is 26.6. The summed E-state index contributed by atoms with van der Waals surface area (Å²) in [5, 5.41) is 0. The van der Waals surface area contributed by atoms with Crippen molar-refractivity contribution in [2.75, 3.05) is 13.2 Å². The molecule has 0 N–H and O–H groups in total. The number of allylic oxidation sites excluding steroid dienone is 1. The molecule has 1 saturated carbocycles. The van der Waals surface area contributed by atoms with Gasteiger partial charge >= 0.3 is 0 Å². The number of hydrogen-bond donors (Lipinski definition) is 0. The lowest BCUT2D eigenvalue weighted by atomic mass is 9.82. The largest absolute Gasteiger partial charge is 0.352 e. The summed E-state index contributed by atoms with van der Waals surface area (Å²) in [6.07, 6.45) is 10.2. The molecule has 0 aromatic heterocycles. The van der Waals surface area contributed by atoms with Gasteiger partial charge in [-0.05, 0) is 62.1 Å². The third-order valence-corrected chi connectivity index (χ3v) is 6.44. The van der Waals surface area contributed by atoms with Gasteiger partial charge in [-0.25, -0.2) is 8.78 Å². The number of benzene rings is 1. The third kappa shape index (κ3) is 7.59. The molecule has 2 aliphatic rings. The van der Waals surface area contributed by atoms with Crippen molar-refractivity contribution in [3.05, 3.63) is 46.5 Å². The van der Waals surface area contributed by atoms with Gasteiger partial charge in [0.25, 0.3) is 0 Å². The van der Waals surface area contributed by atoms with Crippen LogP contribution in [0.4, 0.5) is 8.78 Å². The van der Waals surface area contributed by atoms with Crippen LogP contribution >= 0.6 is 11.6 Å². The molecular formula is C26H33ClF2O2. The Kier molecular flexibility index (Phi) is 9.84. The molecule has 0 atom stereocenters. The molecule has 3 rings (SSSR count). The van der Waals surface area contributed by atoms with Crippen molar-refractivity contribution in [3.63, 3.8) is 0 Å². The molecule has 1 heterocycles. The average molecular weight is 451 g/mol. The third-order valence-electron chi connectivity index (χ3n) is 6.29. The maximum Gasteiger partial charge on any atom is 0.157 e. The minimum atomic E-state index is -0.591. The Morgan fingerprint density at radius 3 is 2.35 bits per heavy atom. The fourth-order valence-electron chi connectivity index (χ4n) is 4.32. The molecule has 0 unspecified atom stereocenters. The molecule has 0 amide bonds. The predicted octanol–water partition coefficient (Wildman–Crippen LogP) is 6.99. The first-order chi connectivity index (χ1) is 15.1. The van der Waals surface area contributed by atoms with Crippen LogP contribution in [0, 0.1) is 41.2 Å². The Bertz CT molecular complexity index is 759. The first-order valence-corrected chi connectivity index (χ1v) is 12.0. The lowest BCUT2D eigenvalue weighted by Crippen LogP contribution is -2.32. The first kappa shape index (κ1) is 24.2. The van der Waals surface area contributed by atoms with Gasteiger partial charge < -0.3 is 9.47 Å². The Morgan fingerprint density at radius 2 is 1.74 bits per heavy atom. The summed E-state index contributed by atoms with van der Waals surface area (Å²) in [5.41, 5.74) is 2.05. The number of aryl methyl sites for hydroxylation is 1. The summed E-state index contributed by atoms with van der Waals surface area (Å²) in [5.74, 6) is 5.78. The Morgan fingerprint density at radius 1 is 1.06 bits per heavy atom. The molecule has 0 spiro atoms. The van der Waals surface area contributed by atoms with Crippen LogP contribution in [0.2, 0.25) is 0 Å². The maximum absolute atomic E-state index is 14.5. The van der Waals surface area contributed by atoms with E-state index >= 15 is 0 Å². The van der Waals surface area contributed by atoms with Crippen LogP contribution in [-0.2, 0) is 15.9 Å². The average Bonchev–Trinajstić information content (AvgIpc) is 2.77. The highest BCUT2D eigenvalue weighted by Crippen LogP contribution is 2.29. The topological polar surface area (TPSA) is 18.5 Å². The van der Waals surface area contributed by atoms with Gasteiger partial charge in [-0.15, -0.1) is 0 Å². The molecule has 2 fully saturated rings. The fourth-order valence-corrected chi connectivity index (χ4v) is 4.52. The molecule has 1 aliphatic heterocycles. The van der Waals surface area contributed by atoms with Gasteiger partial charge in [0, 0.05) is 23.8 Å². The van der Waals surface area contributed by atoms with Crippen molar-refractivity contribution in [2.24, 2.45) is 17.8 Å². The maximum atomic E-state index is 14.5. The second-order valence-electron chi connectivity index (χ2n) is 8.78. The van der Waals surface area contributed by atoms with Crippen LogP contribution in [0.15, 0.2) is 23.7 Å². The lowest BCUT2D eigenvalue weighted by Gasteiger charge is -2.29. The molecule has 170 valence electrons. The van der Waals surface area contributed by atoms with E-state index in [2.05, 4.69) is 18.8 Å². The number of hydrogen-bond acceptors (Lipinski definition) is 2. The highest BCUT2D eigenvalue weighted by molar-refractivity contribution is 6.25. The Hall–Kier alpha value is -1.41. The summed E-state index contributed by atoms with van der Waals surface area (Å²) in [6, 6.07) is 2.78. The predicted molar refractivity (Wildman–Crippen MR) is 121 cm³/mol. The van der Waals surface area contributed by atoms with E-state index in [9.17, 15) is 8.78 Å². The van der Waals surface area contributed by atoms with Crippen molar-refractivity contribution in [1.29, 1.82) is 0 Å². The smallest absolute Gasteiger partial charge is 0.157 e. The van der Waals surface area contributed by atoms with Crippen LogP contribution in [0.3, 0.4) is 0 Å². The molecule has 0 radical (unpaired) electrons. The van der Waals surface area contributed by atoms with Crippen LogP contribution in [0.1, 0.15) is 69.4 Å². The second kappa shape index (κ2) is 12.6. The van der Waals surface area contributed by atoms with Crippen LogP contribution in [-0.4, -0.2) is 19.5 Å². The molecule has 0 bridgehead atoms. The van der Waals surface area contributed by atoms with Gasteiger partial charge in [0.2, 0.25) is 0 Å². The van der Waals surface area contributed by atoms with E-state index in [1.54, 1.807) is 5.54 Å². The van der Waals surface area contributed by atoms with E-state index in [0.29, 0.717) is 43.5 Å². The van der Waals surface area contributed by atoms with Gasteiger partial charge in [0.15, 0.2) is 6.29 Å². The summed E-state index contributed by atoms with van der Waals surface area (Å²) < 4.78 is 40.6. The molecule has 2 nitrogen and oxygen atoms in total. The zero-order valence-electron chi connectivity index (χ0n) is 18.3. The standard InChI is InChI=1S/C26H33ClF2O2/c1-2-3-4-22-17-30-26(31-18-22)12-10-21-15-24(28)23(25(29)16-21)11-9-19-5-7-20(8-6-19)13-14-27/h13-16,19-20,22,26H,2-8,10,12,17-18H2,1H3/b14-13+/t19?,20?,22-,26-. The van der Waals surface area contributed by atoms with Crippen LogP contribution < -0.4 is 0 Å². The van der Waals surface area contributed by atoms with Crippen molar-refractivity contribution >= 4 is 11.6 Å². The number of ether oxygens (including phenoxy) is 2. The van der Waals surface area contributed by atoms with E-state index in [4.69, 9.17) is 21.1 Å². The van der Waals surface area contributed by atoms with Crippen molar-refractivity contribution in [2.45, 2.75) is 71.0 Å². The van der Waals surface area contributed by atoms with Gasteiger partial charge in [-0.1, -0.05) is 49.3 Å². The summed E-state index contributed by atoms with van der Waals surface area (Å²) >= 11 is 5.64. The molecule has 1 aromatic rings. The molecule has 1 aromatic carbocycles. The van der Waals surface area contributed by atoms with E-state index in [1.807, 2.05) is 6.08 Å². The first-order valence-electron chi connectivity index (χ1n) is 11.6. The fraction of sp³-hybridized carbons (Fsp3) is 0.615. The number of rotatable bonds is 7. The lowest BCUT2D eigenvalue weighted by molar-refractivity contribution is -0.203. The van der Waals surface area contributed by atoms with Gasteiger partial charge in [-0.2, -0.15) is 0 Å². The summed E-state index contributed by atoms with van der Waals surface area (Å²) in [7, 11) is 0. The highest BCUT2D eigenvalue weighted by atomic mass is 35.5. The number of unbranched alkanes of at least 4 members (excludes halogenated alkanes) is 1. The molecule has 1 aliphatic carbocycles. The monoisotopic (exact) mass is 450 g/mol. The Balaban J connectivity index is 1.50. The quantitative estimate of drug-likeness (QED) is 0.417.